The van der Waals surface area contributed by atoms with Crippen molar-refractivity contribution in [3.63, 3.8) is 0 Å². The molecule has 0 bridgehead atoms. The summed E-state index contributed by atoms with van der Waals surface area (Å²) in [6.07, 6.45) is 0.446. The van der Waals surface area contributed by atoms with Crippen molar-refractivity contribution in [3.8, 4) is 5.75 Å². The number of piperazine rings is 1. The van der Waals surface area contributed by atoms with Crippen LogP contribution in [0.25, 0.3) is 0 Å². The van der Waals surface area contributed by atoms with Gasteiger partial charge in [-0.2, -0.15) is 0 Å². The summed E-state index contributed by atoms with van der Waals surface area (Å²) in [6, 6.07) is 7.97. The number of carbonyl (C=O) groups excluding carboxylic acids is 1. The van der Waals surface area contributed by atoms with Crippen LogP contribution in [0.3, 0.4) is 0 Å². The van der Waals surface area contributed by atoms with E-state index in [9.17, 15) is 4.79 Å². The summed E-state index contributed by atoms with van der Waals surface area (Å²) in [5.41, 5.74) is 1.00. The lowest BCUT2D eigenvalue weighted by atomic mass is 10.1. The van der Waals surface area contributed by atoms with Crippen LogP contribution in [0.4, 0.5) is 0 Å². The fourth-order valence-corrected chi connectivity index (χ4v) is 2.27. The van der Waals surface area contributed by atoms with E-state index in [2.05, 4.69) is 12.2 Å². The number of amides is 1. The standard InChI is InChI=1S/C14H20N2O2/c1-11-10-15-6-7-16(11)14(17)9-12-4-3-5-13(8-12)18-2/h3-5,8,11,15H,6-7,9-10H2,1-2H3/t11-/m1/s1. The van der Waals surface area contributed by atoms with Gasteiger partial charge in [0.2, 0.25) is 5.91 Å². The van der Waals surface area contributed by atoms with Crippen LogP contribution in [0.1, 0.15) is 12.5 Å². The van der Waals surface area contributed by atoms with Gasteiger partial charge < -0.3 is 15.0 Å². The summed E-state index contributed by atoms with van der Waals surface area (Å²) in [6.45, 7) is 4.64. The van der Waals surface area contributed by atoms with Crippen molar-refractivity contribution >= 4 is 5.91 Å². The van der Waals surface area contributed by atoms with Gasteiger partial charge in [0.25, 0.3) is 0 Å². The third-order valence-electron chi connectivity index (χ3n) is 3.31. The fraction of sp³-hybridized carbons (Fsp3) is 0.500. The van der Waals surface area contributed by atoms with Gasteiger partial charge in [-0.3, -0.25) is 4.79 Å². The molecule has 1 atom stereocenters. The quantitative estimate of drug-likeness (QED) is 0.869. The molecule has 1 amide bonds. The van der Waals surface area contributed by atoms with Gasteiger partial charge >= 0.3 is 0 Å². The van der Waals surface area contributed by atoms with Crippen molar-refractivity contribution in [3.05, 3.63) is 29.8 Å². The van der Waals surface area contributed by atoms with E-state index in [0.29, 0.717) is 6.42 Å². The molecule has 1 N–H and O–H groups in total. The Labute approximate surface area is 108 Å². The van der Waals surface area contributed by atoms with Gasteiger partial charge in [-0.1, -0.05) is 12.1 Å². The lowest BCUT2D eigenvalue weighted by Gasteiger charge is -2.34. The molecule has 4 heteroatoms. The average Bonchev–Trinajstić information content (AvgIpc) is 2.39. The minimum atomic E-state index is 0.192. The highest BCUT2D eigenvalue weighted by molar-refractivity contribution is 5.79. The molecule has 1 aromatic rings. The second-order valence-electron chi connectivity index (χ2n) is 4.67. The number of nitrogens with one attached hydrogen (secondary N) is 1. The predicted octanol–water partition coefficient (Wildman–Crippen LogP) is 1.06. The van der Waals surface area contributed by atoms with Crippen LogP contribution in [0.5, 0.6) is 5.75 Å². The number of rotatable bonds is 3. The zero-order valence-corrected chi connectivity index (χ0v) is 11.0. The average molecular weight is 248 g/mol. The predicted molar refractivity (Wildman–Crippen MR) is 70.7 cm³/mol. The van der Waals surface area contributed by atoms with Crippen molar-refractivity contribution in [2.75, 3.05) is 26.7 Å². The summed E-state index contributed by atoms with van der Waals surface area (Å²) in [5, 5.41) is 3.29. The largest absolute Gasteiger partial charge is 0.497 e. The minimum absolute atomic E-state index is 0.192. The van der Waals surface area contributed by atoms with E-state index < -0.39 is 0 Å². The Kier molecular flexibility index (Phi) is 4.20. The van der Waals surface area contributed by atoms with Crippen LogP contribution >= 0.6 is 0 Å². The highest BCUT2D eigenvalue weighted by Crippen LogP contribution is 2.14. The molecule has 0 aromatic heterocycles. The number of carbonyl (C=O) groups is 1. The molecule has 1 fully saturated rings. The smallest absolute Gasteiger partial charge is 0.227 e. The molecule has 2 rings (SSSR count). The van der Waals surface area contributed by atoms with Crippen molar-refractivity contribution < 1.29 is 9.53 Å². The maximum Gasteiger partial charge on any atom is 0.227 e. The lowest BCUT2D eigenvalue weighted by Crippen LogP contribution is -2.52. The van der Waals surface area contributed by atoms with Crippen LogP contribution in [0.2, 0.25) is 0 Å². The molecule has 1 aliphatic rings. The van der Waals surface area contributed by atoms with Gasteiger partial charge in [0.1, 0.15) is 5.75 Å². The van der Waals surface area contributed by atoms with Crippen molar-refractivity contribution in [1.29, 1.82) is 0 Å². The Balaban J connectivity index is 2.01. The first-order valence-electron chi connectivity index (χ1n) is 6.34. The minimum Gasteiger partial charge on any atom is -0.497 e. The van der Waals surface area contributed by atoms with Crippen LogP contribution in [-0.2, 0) is 11.2 Å². The molecule has 1 heterocycles. The van der Waals surface area contributed by atoms with Crippen LogP contribution in [0.15, 0.2) is 24.3 Å². The second kappa shape index (κ2) is 5.87. The summed E-state index contributed by atoms with van der Waals surface area (Å²) in [5.74, 6) is 0.992. The lowest BCUT2D eigenvalue weighted by molar-refractivity contribution is -0.133. The highest BCUT2D eigenvalue weighted by Gasteiger charge is 2.22. The Morgan fingerprint density at radius 2 is 2.39 bits per heavy atom. The molecule has 1 aromatic carbocycles. The number of nitrogens with zero attached hydrogens (tertiary/aromatic N) is 1. The highest BCUT2D eigenvalue weighted by atomic mass is 16.5. The first-order valence-corrected chi connectivity index (χ1v) is 6.34. The Hall–Kier alpha value is -1.55. The fourth-order valence-electron chi connectivity index (χ4n) is 2.27. The second-order valence-corrected chi connectivity index (χ2v) is 4.67. The maximum atomic E-state index is 12.2. The van der Waals surface area contributed by atoms with Crippen LogP contribution in [-0.4, -0.2) is 43.6 Å². The van der Waals surface area contributed by atoms with Gasteiger partial charge in [0.15, 0.2) is 0 Å². The van der Waals surface area contributed by atoms with Crippen molar-refractivity contribution in [2.45, 2.75) is 19.4 Å². The van der Waals surface area contributed by atoms with Gasteiger partial charge in [-0.05, 0) is 24.6 Å². The molecule has 0 aliphatic carbocycles. The van der Waals surface area contributed by atoms with Gasteiger partial charge in [-0.25, -0.2) is 0 Å². The van der Waals surface area contributed by atoms with Gasteiger partial charge in [-0.15, -0.1) is 0 Å². The zero-order chi connectivity index (χ0) is 13.0. The molecular weight excluding hydrogens is 228 g/mol. The number of benzene rings is 1. The Morgan fingerprint density at radius 3 is 3.11 bits per heavy atom. The van der Waals surface area contributed by atoms with Gasteiger partial charge in [0, 0.05) is 25.7 Å². The number of methoxy groups -OCH3 is 1. The van der Waals surface area contributed by atoms with Gasteiger partial charge in [0.05, 0.1) is 13.5 Å². The van der Waals surface area contributed by atoms with Crippen LogP contribution in [0, 0.1) is 0 Å². The molecule has 98 valence electrons. The number of hydrogen-bond acceptors (Lipinski definition) is 3. The van der Waals surface area contributed by atoms with E-state index in [4.69, 9.17) is 4.74 Å². The van der Waals surface area contributed by atoms with E-state index >= 15 is 0 Å². The zero-order valence-electron chi connectivity index (χ0n) is 11.0. The monoisotopic (exact) mass is 248 g/mol. The summed E-state index contributed by atoms with van der Waals surface area (Å²) in [4.78, 5) is 14.2. The van der Waals surface area contributed by atoms with Crippen molar-refractivity contribution in [2.24, 2.45) is 0 Å². The molecule has 0 saturated carbocycles. The topological polar surface area (TPSA) is 41.6 Å². The van der Waals surface area contributed by atoms with E-state index in [-0.39, 0.29) is 11.9 Å². The molecule has 1 saturated heterocycles. The molecule has 0 radical (unpaired) electrons. The molecule has 4 nitrogen and oxygen atoms in total. The maximum absolute atomic E-state index is 12.2. The summed E-state index contributed by atoms with van der Waals surface area (Å²) in [7, 11) is 1.64. The molecule has 1 aliphatic heterocycles. The van der Waals surface area contributed by atoms with Crippen LogP contribution < -0.4 is 10.1 Å². The van der Waals surface area contributed by atoms with E-state index in [0.717, 1.165) is 30.9 Å². The molecule has 0 unspecified atom stereocenters. The normalized spacial score (nSPS) is 19.7. The number of ether oxygens (including phenoxy) is 1. The first-order chi connectivity index (χ1) is 8.70. The summed E-state index contributed by atoms with van der Waals surface area (Å²) < 4.78 is 5.17. The Morgan fingerprint density at radius 1 is 1.56 bits per heavy atom. The third kappa shape index (κ3) is 3.01. The van der Waals surface area contributed by atoms with E-state index in [1.807, 2.05) is 29.2 Å². The SMILES string of the molecule is COc1cccc(CC(=O)N2CCNC[C@H]2C)c1. The molecular formula is C14H20N2O2. The first kappa shape index (κ1) is 12.9. The molecule has 0 spiro atoms. The van der Waals surface area contributed by atoms with E-state index in [1.54, 1.807) is 7.11 Å². The Bertz CT molecular complexity index is 420. The molecule has 18 heavy (non-hydrogen) atoms. The number of hydrogen-bond donors (Lipinski definition) is 1. The van der Waals surface area contributed by atoms with E-state index in [1.165, 1.54) is 0 Å². The summed E-state index contributed by atoms with van der Waals surface area (Å²) >= 11 is 0. The van der Waals surface area contributed by atoms with Crippen molar-refractivity contribution in [1.82, 2.24) is 10.2 Å². The third-order valence-corrected chi connectivity index (χ3v) is 3.31.